The number of benzene rings is 8. The molecular formula is C55H33N3O2. The maximum atomic E-state index is 6.50. The highest BCUT2D eigenvalue weighted by atomic mass is 16.3. The molecule has 0 spiro atoms. The van der Waals surface area contributed by atoms with Crippen molar-refractivity contribution in [1.82, 2.24) is 15.0 Å². The highest BCUT2D eigenvalue weighted by Gasteiger charge is 2.21. The van der Waals surface area contributed by atoms with E-state index in [0.29, 0.717) is 5.82 Å². The topological polar surface area (TPSA) is 65.0 Å². The summed E-state index contributed by atoms with van der Waals surface area (Å²) in [6, 6.07) is 69.0. The molecule has 0 saturated carbocycles. The van der Waals surface area contributed by atoms with E-state index in [0.717, 1.165) is 116 Å². The first-order valence-electron chi connectivity index (χ1n) is 20.1. The van der Waals surface area contributed by atoms with Crippen LogP contribution in [0.1, 0.15) is 0 Å². The van der Waals surface area contributed by atoms with Crippen LogP contribution in [0.25, 0.3) is 122 Å². The van der Waals surface area contributed by atoms with Crippen LogP contribution in [0.4, 0.5) is 0 Å². The lowest BCUT2D eigenvalue weighted by atomic mass is 9.89. The lowest BCUT2D eigenvalue weighted by Crippen LogP contribution is -1.96. The van der Waals surface area contributed by atoms with E-state index in [2.05, 4.69) is 127 Å². The normalized spacial score (nSPS) is 11.7. The molecule has 0 aliphatic carbocycles. The third-order valence-corrected chi connectivity index (χ3v) is 11.5. The van der Waals surface area contributed by atoms with Gasteiger partial charge < -0.3 is 8.83 Å². The Labute approximate surface area is 344 Å². The molecule has 0 fully saturated rings. The third-order valence-electron chi connectivity index (χ3n) is 11.5. The van der Waals surface area contributed by atoms with E-state index in [1.165, 1.54) is 0 Å². The van der Waals surface area contributed by atoms with Crippen LogP contribution in [-0.2, 0) is 0 Å². The molecule has 280 valence electrons. The monoisotopic (exact) mass is 767 g/mol. The molecule has 8 aromatic carbocycles. The maximum absolute atomic E-state index is 6.50. The highest BCUT2D eigenvalue weighted by molar-refractivity contribution is 6.19. The first-order valence-corrected chi connectivity index (χ1v) is 20.1. The molecule has 0 N–H and O–H groups in total. The van der Waals surface area contributed by atoms with Crippen LogP contribution >= 0.6 is 0 Å². The van der Waals surface area contributed by atoms with Crippen molar-refractivity contribution in [2.24, 2.45) is 0 Å². The zero-order valence-corrected chi connectivity index (χ0v) is 32.2. The maximum Gasteiger partial charge on any atom is 0.160 e. The lowest BCUT2D eigenvalue weighted by molar-refractivity contribution is 0.669. The Morgan fingerprint density at radius 3 is 1.58 bits per heavy atom. The van der Waals surface area contributed by atoms with E-state index in [4.69, 9.17) is 23.8 Å². The summed E-state index contributed by atoms with van der Waals surface area (Å²) in [4.78, 5) is 15.3. The van der Waals surface area contributed by atoms with Crippen molar-refractivity contribution >= 4 is 54.8 Å². The van der Waals surface area contributed by atoms with Crippen LogP contribution < -0.4 is 0 Å². The quantitative estimate of drug-likeness (QED) is 0.169. The summed E-state index contributed by atoms with van der Waals surface area (Å²) in [5.41, 5.74) is 15.4. The zero-order chi connectivity index (χ0) is 39.6. The van der Waals surface area contributed by atoms with Crippen LogP contribution in [0.3, 0.4) is 0 Å². The summed E-state index contributed by atoms with van der Waals surface area (Å²) >= 11 is 0. The average Bonchev–Trinajstić information content (AvgIpc) is 3.91. The summed E-state index contributed by atoms with van der Waals surface area (Å²) in [6.07, 6.45) is 0. The van der Waals surface area contributed by atoms with E-state index in [-0.39, 0.29) is 0 Å². The summed E-state index contributed by atoms with van der Waals surface area (Å²) in [5.74, 6) is 0.694. The molecule has 0 radical (unpaired) electrons. The van der Waals surface area contributed by atoms with Gasteiger partial charge in [0.25, 0.3) is 0 Å². The summed E-state index contributed by atoms with van der Waals surface area (Å²) in [7, 11) is 0. The van der Waals surface area contributed by atoms with E-state index < -0.39 is 0 Å². The number of nitrogens with zero attached hydrogens (tertiary/aromatic N) is 3. The van der Waals surface area contributed by atoms with E-state index in [9.17, 15) is 0 Å². The van der Waals surface area contributed by atoms with Gasteiger partial charge >= 0.3 is 0 Å². The number of para-hydroxylation sites is 3. The molecule has 0 aliphatic rings. The van der Waals surface area contributed by atoms with Gasteiger partial charge in [-0.25, -0.2) is 15.0 Å². The number of furan rings is 2. The van der Waals surface area contributed by atoms with Crippen molar-refractivity contribution in [3.63, 3.8) is 0 Å². The Morgan fingerprint density at radius 1 is 0.333 bits per heavy atom. The van der Waals surface area contributed by atoms with Crippen LogP contribution in [-0.4, -0.2) is 15.0 Å². The Balaban J connectivity index is 1.00. The second-order valence-corrected chi connectivity index (χ2v) is 15.1. The minimum Gasteiger partial charge on any atom is -0.456 e. The first kappa shape index (κ1) is 33.9. The van der Waals surface area contributed by atoms with Gasteiger partial charge in [-0.15, -0.1) is 0 Å². The van der Waals surface area contributed by atoms with Gasteiger partial charge in [0.15, 0.2) is 5.82 Å². The molecule has 0 amide bonds. The van der Waals surface area contributed by atoms with Crippen LogP contribution in [0.5, 0.6) is 0 Å². The van der Waals surface area contributed by atoms with Crippen molar-refractivity contribution in [2.75, 3.05) is 0 Å². The summed E-state index contributed by atoms with van der Waals surface area (Å²) in [6.45, 7) is 0. The van der Waals surface area contributed by atoms with E-state index in [1.807, 2.05) is 72.8 Å². The van der Waals surface area contributed by atoms with Crippen LogP contribution in [0.15, 0.2) is 209 Å². The van der Waals surface area contributed by atoms with Gasteiger partial charge in [0.05, 0.1) is 28.0 Å². The predicted molar refractivity (Wildman–Crippen MR) is 245 cm³/mol. The number of hydrogen-bond donors (Lipinski definition) is 0. The molecular weight excluding hydrogens is 735 g/mol. The largest absolute Gasteiger partial charge is 0.456 e. The highest BCUT2D eigenvalue weighted by Crippen LogP contribution is 2.45. The summed E-state index contributed by atoms with van der Waals surface area (Å²) < 4.78 is 13.0. The molecule has 0 unspecified atom stereocenters. The lowest BCUT2D eigenvalue weighted by Gasteiger charge is -2.14. The van der Waals surface area contributed by atoms with E-state index in [1.54, 1.807) is 0 Å². The van der Waals surface area contributed by atoms with Crippen LogP contribution in [0.2, 0.25) is 0 Å². The van der Waals surface area contributed by atoms with Gasteiger partial charge in [0.2, 0.25) is 0 Å². The fraction of sp³-hybridized carbons (Fsp3) is 0. The minimum atomic E-state index is 0.694. The van der Waals surface area contributed by atoms with Crippen molar-refractivity contribution in [1.29, 1.82) is 0 Å². The number of pyridine rings is 1. The Morgan fingerprint density at radius 2 is 0.867 bits per heavy atom. The van der Waals surface area contributed by atoms with Gasteiger partial charge in [-0.1, -0.05) is 164 Å². The molecule has 60 heavy (non-hydrogen) atoms. The van der Waals surface area contributed by atoms with Gasteiger partial charge in [0, 0.05) is 49.4 Å². The SMILES string of the molecule is c1ccc(-c2cc(-c3ccc(-c4ccc5oc6ccccc6c5c4-c4ccc(-c5nc6ccccc6c6oc7ccccc7c56)cc4)cc3)nc(-c3ccccc3)n2)cc1. The predicted octanol–water partition coefficient (Wildman–Crippen LogP) is 14.8. The Hall–Kier alpha value is -8.15. The molecule has 0 bridgehead atoms. The molecule has 5 nitrogen and oxygen atoms in total. The molecule has 4 aromatic heterocycles. The smallest absolute Gasteiger partial charge is 0.160 e. The molecule has 0 atom stereocenters. The van der Waals surface area contributed by atoms with Gasteiger partial charge in [0.1, 0.15) is 22.3 Å². The van der Waals surface area contributed by atoms with Gasteiger partial charge in [-0.2, -0.15) is 0 Å². The van der Waals surface area contributed by atoms with Crippen molar-refractivity contribution in [2.45, 2.75) is 0 Å². The van der Waals surface area contributed by atoms with Gasteiger partial charge in [-0.3, -0.25) is 0 Å². The standard InChI is InChI=1S/C55H33N3O2/c1-3-13-35(14-4-1)45-33-46(58-55(57-45)39-15-5-2-6-16-39)36-25-23-34(24-26-36)40-31-32-49-51(42-18-8-11-21-47(42)59-49)50(40)37-27-29-38(30-28-37)53-52-43-19-9-12-22-48(43)60-54(52)41-17-7-10-20-44(41)56-53/h1-33H. The van der Waals surface area contributed by atoms with Crippen molar-refractivity contribution < 1.29 is 8.83 Å². The molecule has 12 rings (SSSR count). The third kappa shape index (κ3) is 5.59. The minimum absolute atomic E-state index is 0.694. The van der Waals surface area contributed by atoms with E-state index >= 15 is 0 Å². The fourth-order valence-corrected chi connectivity index (χ4v) is 8.66. The van der Waals surface area contributed by atoms with Crippen LogP contribution in [0, 0.1) is 0 Å². The number of rotatable bonds is 6. The fourth-order valence-electron chi connectivity index (χ4n) is 8.66. The number of fused-ring (bicyclic) bond motifs is 8. The second kappa shape index (κ2) is 13.8. The molecule has 12 aromatic rings. The van der Waals surface area contributed by atoms with Crippen molar-refractivity contribution in [3.05, 3.63) is 200 Å². The molecule has 0 aliphatic heterocycles. The Bertz CT molecular complexity index is 3510. The summed E-state index contributed by atoms with van der Waals surface area (Å²) in [5, 5.41) is 5.25. The van der Waals surface area contributed by atoms with Gasteiger partial charge in [-0.05, 0) is 53.1 Å². The second-order valence-electron chi connectivity index (χ2n) is 15.1. The molecule has 4 heterocycles. The van der Waals surface area contributed by atoms with Crippen molar-refractivity contribution in [3.8, 4) is 67.4 Å². The molecule has 5 heteroatoms. The number of aromatic nitrogens is 3. The number of hydrogen-bond acceptors (Lipinski definition) is 5. The molecule has 0 saturated heterocycles. The Kier molecular flexibility index (Phi) is 7.78. The zero-order valence-electron chi connectivity index (χ0n) is 32.2. The average molecular weight is 768 g/mol. The first-order chi connectivity index (χ1) is 29.7.